The van der Waals surface area contributed by atoms with E-state index in [-0.39, 0.29) is 11.3 Å². The predicted octanol–water partition coefficient (Wildman–Crippen LogP) is 1.74. The van der Waals surface area contributed by atoms with Crippen LogP contribution >= 0.6 is 0 Å². The number of carbonyl (C=O) groups is 1. The van der Waals surface area contributed by atoms with Gasteiger partial charge in [0, 0.05) is 5.56 Å². The van der Waals surface area contributed by atoms with E-state index in [9.17, 15) is 4.79 Å². The van der Waals surface area contributed by atoms with Gasteiger partial charge < -0.3 is 9.47 Å². The first-order valence-corrected chi connectivity index (χ1v) is 4.56. The van der Waals surface area contributed by atoms with Crippen LogP contribution in [0.5, 0.6) is 0 Å². The third-order valence-corrected chi connectivity index (χ3v) is 1.97. The van der Waals surface area contributed by atoms with Crippen LogP contribution in [0.1, 0.15) is 5.56 Å². The lowest BCUT2D eigenvalue weighted by atomic mass is 10.1. The summed E-state index contributed by atoms with van der Waals surface area (Å²) in [5.41, 5.74) is 0.517. The highest BCUT2D eigenvalue weighted by molar-refractivity contribution is 6.00. The third kappa shape index (κ3) is 2.39. The molecule has 0 spiro atoms. The highest BCUT2D eigenvalue weighted by Gasteiger charge is 2.17. The number of nitriles is 1. The molecule has 0 aliphatic rings. The summed E-state index contributed by atoms with van der Waals surface area (Å²) in [5, 5.41) is 8.90. The van der Waals surface area contributed by atoms with Crippen molar-refractivity contribution >= 4 is 11.7 Å². The first-order chi connectivity index (χ1) is 7.74. The molecule has 0 aliphatic carbocycles. The lowest BCUT2D eigenvalue weighted by Gasteiger charge is -2.07. The van der Waals surface area contributed by atoms with E-state index in [0.717, 1.165) is 0 Å². The zero-order valence-electron chi connectivity index (χ0n) is 9.06. The van der Waals surface area contributed by atoms with Crippen LogP contribution in [0.3, 0.4) is 0 Å². The van der Waals surface area contributed by atoms with Crippen LogP contribution in [0.25, 0.3) is 5.76 Å². The highest BCUT2D eigenvalue weighted by atomic mass is 16.5. The number of carbonyl (C=O) groups excluding carboxylic acids is 1. The van der Waals surface area contributed by atoms with Gasteiger partial charge in [0.15, 0.2) is 11.3 Å². The SMILES string of the molecule is COC(=O)/C(C#N)=C(/OC)c1ccccc1. The summed E-state index contributed by atoms with van der Waals surface area (Å²) >= 11 is 0. The molecule has 0 radical (unpaired) electrons. The number of hydrogen-bond donors (Lipinski definition) is 0. The van der Waals surface area contributed by atoms with Crippen LogP contribution in [0.15, 0.2) is 35.9 Å². The minimum absolute atomic E-state index is 0.142. The minimum atomic E-state index is -0.705. The second-order valence-electron chi connectivity index (χ2n) is 2.88. The Balaban J connectivity index is 3.29. The van der Waals surface area contributed by atoms with Crippen molar-refractivity contribution in [3.8, 4) is 6.07 Å². The topological polar surface area (TPSA) is 59.3 Å². The standard InChI is InChI=1S/C12H11NO3/c1-15-11(9-6-4-3-5-7-9)10(8-13)12(14)16-2/h3-7H,1-2H3/b11-10+. The maximum Gasteiger partial charge on any atom is 0.352 e. The van der Waals surface area contributed by atoms with Crippen molar-refractivity contribution in [3.63, 3.8) is 0 Å². The molecule has 0 aromatic heterocycles. The normalized spacial score (nSPS) is 11.1. The average molecular weight is 217 g/mol. The largest absolute Gasteiger partial charge is 0.494 e. The lowest BCUT2D eigenvalue weighted by Crippen LogP contribution is -2.07. The summed E-state index contributed by atoms with van der Waals surface area (Å²) < 4.78 is 9.58. The lowest BCUT2D eigenvalue weighted by molar-refractivity contribution is -0.135. The molecule has 0 aliphatic heterocycles. The maximum atomic E-state index is 11.3. The van der Waals surface area contributed by atoms with Crippen molar-refractivity contribution in [2.24, 2.45) is 0 Å². The summed E-state index contributed by atoms with van der Waals surface area (Å²) in [6.07, 6.45) is 0. The van der Waals surface area contributed by atoms with Gasteiger partial charge in [-0.25, -0.2) is 4.79 Å². The molecule has 82 valence electrons. The molecule has 4 heteroatoms. The van der Waals surface area contributed by atoms with E-state index >= 15 is 0 Å². The van der Waals surface area contributed by atoms with E-state index in [2.05, 4.69) is 4.74 Å². The van der Waals surface area contributed by atoms with Gasteiger partial charge >= 0.3 is 5.97 Å². The fourth-order valence-corrected chi connectivity index (χ4v) is 1.24. The monoisotopic (exact) mass is 217 g/mol. The summed E-state index contributed by atoms with van der Waals surface area (Å²) in [6.45, 7) is 0. The molecule has 0 heterocycles. The van der Waals surface area contributed by atoms with Gasteiger partial charge in [-0.3, -0.25) is 0 Å². The predicted molar refractivity (Wildman–Crippen MR) is 58.0 cm³/mol. The van der Waals surface area contributed by atoms with Gasteiger partial charge in [-0.2, -0.15) is 5.26 Å². The van der Waals surface area contributed by atoms with E-state index < -0.39 is 5.97 Å². The second kappa shape index (κ2) is 5.56. The fraction of sp³-hybridized carbons (Fsp3) is 0.167. The van der Waals surface area contributed by atoms with E-state index in [1.54, 1.807) is 30.3 Å². The summed E-state index contributed by atoms with van der Waals surface area (Å²) in [6, 6.07) is 10.7. The Morgan fingerprint density at radius 2 is 1.81 bits per heavy atom. The van der Waals surface area contributed by atoms with Gasteiger partial charge in [-0.05, 0) is 0 Å². The molecule has 0 amide bonds. The van der Waals surface area contributed by atoms with Crippen LogP contribution in [-0.4, -0.2) is 20.2 Å². The molecule has 1 aromatic rings. The van der Waals surface area contributed by atoms with Crippen molar-refractivity contribution in [2.75, 3.05) is 14.2 Å². The summed E-state index contributed by atoms with van der Waals surface area (Å²) in [5.74, 6) is -0.488. The molecule has 0 saturated carbocycles. The van der Waals surface area contributed by atoms with Gasteiger partial charge in [0.1, 0.15) is 6.07 Å². The van der Waals surface area contributed by atoms with Crippen LogP contribution in [0.2, 0.25) is 0 Å². The molecule has 0 N–H and O–H groups in total. The Morgan fingerprint density at radius 3 is 2.25 bits per heavy atom. The quantitative estimate of drug-likeness (QED) is 0.335. The molecule has 16 heavy (non-hydrogen) atoms. The number of methoxy groups -OCH3 is 2. The number of benzene rings is 1. The van der Waals surface area contributed by atoms with Gasteiger partial charge in [0.05, 0.1) is 14.2 Å². The molecule has 0 atom stereocenters. The van der Waals surface area contributed by atoms with Gasteiger partial charge in [0.2, 0.25) is 0 Å². The van der Waals surface area contributed by atoms with E-state index in [1.807, 2.05) is 6.07 Å². The molecule has 0 unspecified atom stereocenters. The molecule has 4 nitrogen and oxygen atoms in total. The Morgan fingerprint density at radius 1 is 1.19 bits per heavy atom. The van der Waals surface area contributed by atoms with E-state index in [4.69, 9.17) is 10.00 Å². The Bertz CT molecular complexity index is 443. The zero-order valence-corrected chi connectivity index (χ0v) is 9.06. The average Bonchev–Trinajstić information content (AvgIpc) is 2.36. The van der Waals surface area contributed by atoms with Crippen LogP contribution in [0.4, 0.5) is 0 Å². The molecular weight excluding hydrogens is 206 g/mol. The molecule has 1 rings (SSSR count). The first-order valence-electron chi connectivity index (χ1n) is 4.56. The molecule has 0 bridgehead atoms. The van der Waals surface area contributed by atoms with Crippen LogP contribution in [-0.2, 0) is 14.3 Å². The fourth-order valence-electron chi connectivity index (χ4n) is 1.24. The molecule has 0 fully saturated rings. The zero-order chi connectivity index (χ0) is 12.0. The Hall–Kier alpha value is -2.28. The molecule has 1 aromatic carbocycles. The second-order valence-corrected chi connectivity index (χ2v) is 2.88. The smallest absolute Gasteiger partial charge is 0.352 e. The Labute approximate surface area is 93.7 Å². The van der Waals surface area contributed by atoms with Crippen LogP contribution in [0, 0.1) is 11.3 Å². The maximum absolute atomic E-state index is 11.3. The minimum Gasteiger partial charge on any atom is -0.494 e. The molecule has 0 saturated heterocycles. The number of esters is 1. The van der Waals surface area contributed by atoms with Crippen molar-refractivity contribution in [1.29, 1.82) is 5.26 Å². The van der Waals surface area contributed by atoms with Crippen molar-refractivity contribution in [3.05, 3.63) is 41.5 Å². The van der Waals surface area contributed by atoms with Crippen molar-refractivity contribution in [2.45, 2.75) is 0 Å². The number of ether oxygens (including phenoxy) is 2. The Kier molecular flexibility index (Phi) is 4.10. The number of nitrogens with zero attached hydrogens (tertiary/aromatic N) is 1. The van der Waals surface area contributed by atoms with Crippen molar-refractivity contribution in [1.82, 2.24) is 0 Å². The van der Waals surface area contributed by atoms with E-state index in [0.29, 0.717) is 5.56 Å². The number of rotatable bonds is 3. The van der Waals surface area contributed by atoms with Crippen LogP contribution < -0.4 is 0 Å². The highest BCUT2D eigenvalue weighted by Crippen LogP contribution is 2.19. The molecular formula is C12H11NO3. The van der Waals surface area contributed by atoms with Gasteiger partial charge in [-0.15, -0.1) is 0 Å². The van der Waals surface area contributed by atoms with E-state index in [1.165, 1.54) is 14.2 Å². The summed E-state index contributed by atoms with van der Waals surface area (Å²) in [4.78, 5) is 11.3. The third-order valence-electron chi connectivity index (χ3n) is 1.97. The van der Waals surface area contributed by atoms with Crippen molar-refractivity contribution < 1.29 is 14.3 Å². The first kappa shape index (κ1) is 11.8. The number of hydrogen-bond acceptors (Lipinski definition) is 4. The van der Waals surface area contributed by atoms with Gasteiger partial charge in [-0.1, -0.05) is 30.3 Å². The van der Waals surface area contributed by atoms with Gasteiger partial charge in [0.25, 0.3) is 0 Å². The summed E-state index contributed by atoms with van der Waals surface area (Å²) in [7, 11) is 2.63.